The lowest BCUT2D eigenvalue weighted by Gasteiger charge is -2.41. The summed E-state index contributed by atoms with van der Waals surface area (Å²) in [7, 11) is 5.17. The van der Waals surface area contributed by atoms with Crippen molar-refractivity contribution < 1.29 is 48.3 Å². The molecule has 0 aromatic heterocycles. The van der Waals surface area contributed by atoms with Crippen molar-refractivity contribution in [3.63, 3.8) is 0 Å². The largest absolute Gasteiger partial charge is 0.480 e. The van der Waals surface area contributed by atoms with Gasteiger partial charge < -0.3 is 62.8 Å². The molecule has 21 nitrogen and oxygen atoms in total. The summed E-state index contributed by atoms with van der Waals surface area (Å²) >= 11 is 0. The van der Waals surface area contributed by atoms with Crippen LogP contribution in [0, 0.1) is 44.4 Å². The number of rotatable bonds is 21. The molecule has 0 radical (unpaired) electrons. The van der Waals surface area contributed by atoms with E-state index in [0.29, 0.717) is 25.9 Å². The first kappa shape index (κ1) is 90.7. The van der Waals surface area contributed by atoms with Crippen LogP contribution in [0.15, 0.2) is 127 Å². The van der Waals surface area contributed by atoms with Crippen LogP contribution in [-0.2, 0) is 101 Å². The van der Waals surface area contributed by atoms with Gasteiger partial charge in [-0.15, -0.1) is 0 Å². The highest BCUT2D eigenvalue weighted by Crippen LogP contribution is 2.39. The highest BCUT2D eigenvalue weighted by molar-refractivity contribution is 5.95. The normalized spacial score (nSPS) is 22.2. The van der Waals surface area contributed by atoms with E-state index in [-0.39, 0.29) is 95.1 Å². The maximum atomic E-state index is 14.5. The number of hydrogen-bond donors (Lipinski definition) is 10. The van der Waals surface area contributed by atoms with Crippen LogP contribution in [0.5, 0.6) is 0 Å². The Morgan fingerprint density at radius 2 is 0.661 bits per heavy atom. The number of amides is 8. The Labute approximate surface area is 718 Å². The third-order valence-corrected chi connectivity index (χ3v) is 27.7. The number of fused-ring (bicyclic) bond motifs is 6. The van der Waals surface area contributed by atoms with Gasteiger partial charge in [-0.3, -0.25) is 38.4 Å². The molecular weight excluding hydrogens is 1520 g/mol. The molecule has 10 N–H and O–H groups in total. The van der Waals surface area contributed by atoms with Crippen molar-refractivity contribution in [3.8, 4) is 0 Å². The van der Waals surface area contributed by atoms with E-state index in [1.807, 2.05) is 12.1 Å². The lowest BCUT2D eigenvalue weighted by Crippen LogP contribution is -2.60. The van der Waals surface area contributed by atoms with Gasteiger partial charge in [0.1, 0.15) is 30.2 Å². The first-order valence-electron chi connectivity index (χ1n) is 45.6. The number of aryl methyl sites for hydroxylation is 7. The molecule has 7 aliphatic carbocycles. The van der Waals surface area contributed by atoms with Crippen molar-refractivity contribution in [2.75, 3.05) is 21.1 Å². The number of carbonyl (C=O) groups excluding carboxylic acids is 8. The molecule has 650 valence electrons. The quantitative estimate of drug-likeness (QED) is 0.0321. The minimum atomic E-state index is -0.923. The van der Waals surface area contributed by atoms with Crippen molar-refractivity contribution in [2.45, 2.75) is 307 Å². The average Bonchev–Trinajstić information content (AvgIpc) is 0.775. The smallest absolute Gasteiger partial charge is 0.326 e. The summed E-state index contributed by atoms with van der Waals surface area (Å²) < 4.78 is 0. The van der Waals surface area contributed by atoms with Gasteiger partial charge in [0.15, 0.2) is 0 Å². The Balaban J connectivity index is 0.000000155. The Morgan fingerprint density at radius 1 is 0.339 bits per heavy atom. The summed E-state index contributed by atoms with van der Waals surface area (Å²) in [5, 5.41) is 36.8. The topological polar surface area (TPSA) is 289 Å². The van der Waals surface area contributed by atoms with Crippen LogP contribution in [-0.4, -0.2) is 138 Å². The molecule has 0 unspecified atom stereocenters. The van der Waals surface area contributed by atoms with E-state index in [2.05, 4.69) is 184 Å². The molecule has 9 aliphatic rings. The standard InChI is InChI=1S/2C33H44N4O3.C22H25NO.C12H22N2O3/c2*1-21-16-17-25-19-29(32(39)35-28-15-9-13-23-10-7-8-14-27(23)28)37(20-26(25)18-21)33(40)30(24-11-5-4-6-12-24)36-31(38)22(2)34-3;1-15-9-10-18-14-19(12-11-17(18)13-15)22(24)23-21-8-4-6-16-5-2-3-7-20(16)21;1-8(13-2)11(15)14-10(12(16)17)9-6-4-3-5-7-9/h2*7-8,10,14,16-18,22,24,28-30,34H,4-6,9,11-13,15,19-20H2,1-3H3,(H,35,39)(H,36,38);2-3,5,7,9-10,13,19,21H,4,6,8,11-12,14H2,1H3,(H,23,24);8-10,13H,3-7H2,1-2H3,(H,14,15)(H,16,17)/t22-,28-,29+,30-;22-,28-,29-,30-;19-,21-;8-,10-/m0000/s1. The van der Waals surface area contributed by atoms with Gasteiger partial charge in [0.25, 0.3) is 0 Å². The molecule has 6 aromatic rings. The monoisotopic (exact) mass is 1650 g/mol. The number of hydrogen-bond acceptors (Lipinski definition) is 12. The van der Waals surface area contributed by atoms with Crippen LogP contribution >= 0.6 is 0 Å². The van der Waals surface area contributed by atoms with Gasteiger partial charge in [-0.25, -0.2) is 4.79 Å². The van der Waals surface area contributed by atoms with Crippen molar-refractivity contribution in [1.29, 1.82) is 0 Å². The van der Waals surface area contributed by atoms with Crippen LogP contribution in [0.3, 0.4) is 0 Å². The number of carboxylic acids is 1. The fourth-order valence-electron chi connectivity index (χ4n) is 20.1. The molecular formula is C100H135N11O10. The molecule has 0 saturated heterocycles. The van der Waals surface area contributed by atoms with E-state index in [4.69, 9.17) is 0 Å². The molecule has 6 aromatic carbocycles. The van der Waals surface area contributed by atoms with Gasteiger partial charge in [0, 0.05) is 31.8 Å². The second-order valence-corrected chi connectivity index (χ2v) is 36.1. The molecule has 15 rings (SSSR count). The van der Waals surface area contributed by atoms with Crippen molar-refractivity contribution >= 4 is 53.2 Å². The fourth-order valence-corrected chi connectivity index (χ4v) is 20.1. The minimum Gasteiger partial charge on any atom is -0.480 e. The Bertz CT molecular complexity index is 4390. The third-order valence-electron chi connectivity index (χ3n) is 27.7. The molecule has 21 heteroatoms. The number of carbonyl (C=O) groups is 9. The second-order valence-electron chi connectivity index (χ2n) is 36.1. The molecule has 8 amide bonds. The maximum absolute atomic E-state index is 14.5. The predicted molar refractivity (Wildman–Crippen MR) is 475 cm³/mol. The highest BCUT2D eigenvalue weighted by atomic mass is 16.4. The van der Waals surface area contributed by atoms with Crippen molar-refractivity contribution in [1.82, 2.24) is 57.7 Å². The molecule has 121 heavy (non-hydrogen) atoms. The van der Waals surface area contributed by atoms with Crippen LogP contribution in [0.2, 0.25) is 0 Å². The van der Waals surface area contributed by atoms with Crippen LogP contribution in [0.25, 0.3) is 0 Å². The van der Waals surface area contributed by atoms with E-state index in [0.717, 1.165) is 200 Å². The molecule has 3 fully saturated rings. The van der Waals surface area contributed by atoms with Crippen LogP contribution in [0.1, 0.15) is 264 Å². The van der Waals surface area contributed by atoms with Crippen LogP contribution in [0.4, 0.5) is 0 Å². The van der Waals surface area contributed by atoms with Crippen molar-refractivity contribution in [3.05, 3.63) is 211 Å². The Hall–Kier alpha value is -9.57. The van der Waals surface area contributed by atoms with Gasteiger partial charge in [0.05, 0.1) is 36.3 Å². The van der Waals surface area contributed by atoms with E-state index in [1.165, 1.54) is 56.5 Å². The number of aliphatic carboxylic acids is 1. The predicted octanol–water partition coefficient (Wildman–Crippen LogP) is 13.3. The molecule has 0 bridgehead atoms. The summed E-state index contributed by atoms with van der Waals surface area (Å²) in [4.78, 5) is 122. The molecule has 2 heterocycles. The number of benzene rings is 6. The zero-order valence-corrected chi connectivity index (χ0v) is 73.2. The Morgan fingerprint density at radius 3 is 1.02 bits per heavy atom. The fraction of sp³-hybridized carbons (Fsp3) is 0.550. The van der Waals surface area contributed by atoms with Crippen molar-refractivity contribution in [2.24, 2.45) is 23.7 Å². The summed E-state index contributed by atoms with van der Waals surface area (Å²) in [6, 6.07) is 40.1. The van der Waals surface area contributed by atoms with Gasteiger partial charge in [-0.2, -0.15) is 0 Å². The van der Waals surface area contributed by atoms with Gasteiger partial charge in [-0.1, -0.05) is 202 Å². The minimum absolute atomic E-state index is 0.0564. The summed E-state index contributed by atoms with van der Waals surface area (Å²) in [5.41, 5.74) is 18.4. The van der Waals surface area contributed by atoms with Gasteiger partial charge >= 0.3 is 5.97 Å². The summed E-state index contributed by atoms with van der Waals surface area (Å²) in [6.45, 7) is 12.3. The molecule has 2 aliphatic heterocycles. The van der Waals surface area contributed by atoms with E-state index < -0.39 is 48.3 Å². The first-order chi connectivity index (χ1) is 58.5. The van der Waals surface area contributed by atoms with Gasteiger partial charge in [-0.05, 0) is 263 Å². The number of likely N-dealkylation sites (N-methyl/N-ethyl adjacent to an activating group) is 3. The lowest BCUT2D eigenvalue weighted by molar-refractivity contribution is -0.146. The van der Waals surface area contributed by atoms with E-state index in [9.17, 15) is 48.3 Å². The molecule has 12 atom stereocenters. The lowest BCUT2D eigenvalue weighted by atomic mass is 9.82. The number of carboxylic acid groups (broad SMARTS) is 1. The SMILES string of the molecule is CN[C@@H](C)C(=O)N[C@H](C(=O)N1Cc2cc(C)ccc2C[C@@H]1C(=O)N[C@H]1CCCc2ccccc21)C1CCCCC1.CN[C@@H](C)C(=O)N[C@H](C(=O)N1Cc2cc(C)ccc2C[C@H]1C(=O)N[C@H]1CCCc2ccccc21)C1CCCCC1.CN[C@@H](C)C(=O)N[C@H](C(=O)O)C1CCCCC1.Cc1ccc2c(c1)CC[C@H](C(=O)N[C@H]1CCCc3ccccc31)C2. The zero-order valence-electron chi connectivity index (χ0n) is 73.2. The molecule has 0 spiro atoms. The zero-order chi connectivity index (χ0) is 85.8. The second kappa shape index (κ2) is 43.5. The third kappa shape index (κ3) is 23.4. The van der Waals surface area contributed by atoms with E-state index >= 15 is 0 Å². The van der Waals surface area contributed by atoms with Crippen LogP contribution < -0.4 is 47.9 Å². The Kier molecular flexibility index (Phi) is 32.6. The number of nitrogens with one attached hydrogen (secondary N) is 9. The van der Waals surface area contributed by atoms with Gasteiger partial charge in [0.2, 0.25) is 47.3 Å². The number of nitrogens with zero attached hydrogens (tertiary/aromatic N) is 2. The average molecular weight is 1650 g/mol. The van der Waals surface area contributed by atoms with E-state index in [1.54, 1.807) is 51.7 Å². The maximum Gasteiger partial charge on any atom is 0.326 e. The first-order valence-corrected chi connectivity index (χ1v) is 45.6. The summed E-state index contributed by atoms with van der Waals surface area (Å²) in [5.74, 6) is -1.45. The highest BCUT2D eigenvalue weighted by Gasteiger charge is 2.45. The molecule has 3 saturated carbocycles. The summed E-state index contributed by atoms with van der Waals surface area (Å²) in [6.07, 6.45) is 28.3.